The molecule has 0 aromatic carbocycles. The first-order valence-corrected chi connectivity index (χ1v) is 5.32. The van der Waals surface area contributed by atoms with Gasteiger partial charge in [-0.3, -0.25) is 0 Å². The smallest absolute Gasteiger partial charge is 0.246 e. The molecule has 1 aromatic rings. The minimum atomic E-state index is -0.624. The fraction of sp³-hybridized carbons (Fsp3) is 0.818. The normalized spacial score (nSPS) is 15.2. The highest BCUT2D eigenvalue weighted by atomic mass is 16.5. The molecule has 0 radical (unpaired) electrons. The van der Waals surface area contributed by atoms with Crippen molar-refractivity contribution in [2.45, 2.75) is 46.3 Å². The van der Waals surface area contributed by atoms with Gasteiger partial charge < -0.3 is 15.0 Å². The van der Waals surface area contributed by atoms with E-state index in [1.165, 1.54) is 0 Å². The Bertz CT molecular complexity index is 347. The SMILES string of the molecule is COC(c1noc(C(C)(C)N)n1)C(C)(C)C. The van der Waals surface area contributed by atoms with Crippen LogP contribution < -0.4 is 5.73 Å². The van der Waals surface area contributed by atoms with Gasteiger partial charge in [-0.05, 0) is 19.3 Å². The maximum Gasteiger partial charge on any atom is 0.246 e. The van der Waals surface area contributed by atoms with Gasteiger partial charge in [-0.25, -0.2) is 0 Å². The van der Waals surface area contributed by atoms with Crippen LogP contribution >= 0.6 is 0 Å². The first kappa shape index (κ1) is 13.1. The molecule has 0 saturated heterocycles. The van der Waals surface area contributed by atoms with Crippen molar-refractivity contribution >= 4 is 0 Å². The molecule has 0 amide bonds. The van der Waals surface area contributed by atoms with Crippen LogP contribution in [-0.4, -0.2) is 17.3 Å². The first-order chi connectivity index (χ1) is 7.16. The van der Waals surface area contributed by atoms with Crippen molar-refractivity contribution in [2.75, 3.05) is 7.11 Å². The summed E-state index contributed by atoms with van der Waals surface area (Å²) in [6, 6.07) is 0. The molecule has 0 aliphatic rings. The predicted octanol–water partition coefficient (Wildman–Crippen LogP) is 2.00. The zero-order valence-corrected chi connectivity index (χ0v) is 10.9. The molecule has 2 N–H and O–H groups in total. The Hall–Kier alpha value is -0.940. The van der Waals surface area contributed by atoms with E-state index >= 15 is 0 Å². The molecular weight excluding hydrogens is 206 g/mol. The number of methoxy groups -OCH3 is 1. The summed E-state index contributed by atoms with van der Waals surface area (Å²) >= 11 is 0. The lowest BCUT2D eigenvalue weighted by Crippen LogP contribution is -2.29. The third-order valence-electron chi connectivity index (χ3n) is 2.25. The topological polar surface area (TPSA) is 74.2 Å². The Morgan fingerprint density at radius 2 is 1.81 bits per heavy atom. The van der Waals surface area contributed by atoms with Crippen molar-refractivity contribution in [1.82, 2.24) is 10.1 Å². The van der Waals surface area contributed by atoms with E-state index in [0.717, 1.165) is 0 Å². The Kier molecular flexibility index (Phi) is 3.40. The number of rotatable bonds is 3. The van der Waals surface area contributed by atoms with Crippen LogP contribution in [0.15, 0.2) is 4.52 Å². The minimum absolute atomic E-state index is 0.0887. The Balaban J connectivity index is 3.01. The summed E-state index contributed by atoms with van der Waals surface area (Å²) in [7, 11) is 1.64. The number of hydrogen-bond donors (Lipinski definition) is 1. The summed E-state index contributed by atoms with van der Waals surface area (Å²) in [5.41, 5.74) is 5.17. The lowest BCUT2D eigenvalue weighted by molar-refractivity contribution is 0.00718. The van der Waals surface area contributed by atoms with Crippen molar-refractivity contribution in [3.63, 3.8) is 0 Å². The lowest BCUT2D eigenvalue weighted by atomic mass is 9.88. The first-order valence-electron chi connectivity index (χ1n) is 5.32. The Morgan fingerprint density at radius 1 is 1.25 bits per heavy atom. The number of ether oxygens (including phenoxy) is 1. The fourth-order valence-electron chi connectivity index (χ4n) is 1.45. The van der Waals surface area contributed by atoms with E-state index in [9.17, 15) is 0 Å². The van der Waals surface area contributed by atoms with E-state index < -0.39 is 5.54 Å². The number of nitrogens with zero attached hydrogens (tertiary/aromatic N) is 2. The molecule has 1 rings (SSSR count). The second-order valence-electron chi connectivity index (χ2n) is 5.66. The summed E-state index contributed by atoms with van der Waals surface area (Å²) in [6.07, 6.45) is -0.202. The summed E-state index contributed by atoms with van der Waals surface area (Å²) < 4.78 is 10.5. The van der Waals surface area contributed by atoms with E-state index in [1.807, 2.05) is 13.8 Å². The molecule has 1 aromatic heterocycles. The van der Waals surface area contributed by atoms with Crippen LogP contribution in [0, 0.1) is 5.41 Å². The van der Waals surface area contributed by atoms with Crippen molar-refractivity contribution in [3.05, 3.63) is 11.7 Å². The van der Waals surface area contributed by atoms with Gasteiger partial charge in [0.05, 0.1) is 5.54 Å². The van der Waals surface area contributed by atoms with Crippen molar-refractivity contribution in [1.29, 1.82) is 0 Å². The number of nitrogens with two attached hydrogens (primary N) is 1. The van der Waals surface area contributed by atoms with Gasteiger partial charge in [0.1, 0.15) is 6.10 Å². The highest BCUT2D eigenvalue weighted by Crippen LogP contribution is 2.34. The van der Waals surface area contributed by atoms with E-state index in [1.54, 1.807) is 7.11 Å². The molecule has 0 aliphatic carbocycles. The standard InChI is InChI=1S/C11H21N3O2/c1-10(2,3)7(15-6)8-13-9(16-14-8)11(4,5)12/h7H,12H2,1-6H3. The summed E-state index contributed by atoms with van der Waals surface area (Å²) in [6.45, 7) is 9.83. The molecular formula is C11H21N3O2. The molecule has 0 fully saturated rings. The second-order valence-corrected chi connectivity index (χ2v) is 5.66. The number of aromatic nitrogens is 2. The van der Waals surface area contributed by atoms with Crippen LogP contribution in [0.1, 0.15) is 52.4 Å². The maximum atomic E-state index is 5.88. The van der Waals surface area contributed by atoms with E-state index in [-0.39, 0.29) is 11.5 Å². The third kappa shape index (κ3) is 2.80. The Labute approximate surface area is 96.4 Å². The summed E-state index contributed by atoms with van der Waals surface area (Å²) in [5.74, 6) is 0.970. The molecule has 92 valence electrons. The second kappa shape index (κ2) is 4.14. The number of hydrogen-bond acceptors (Lipinski definition) is 5. The molecule has 0 aliphatic heterocycles. The molecule has 16 heavy (non-hydrogen) atoms. The Morgan fingerprint density at radius 3 is 2.12 bits per heavy atom. The van der Waals surface area contributed by atoms with Crippen LogP contribution in [0.3, 0.4) is 0 Å². The zero-order valence-electron chi connectivity index (χ0n) is 10.9. The van der Waals surface area contributed by atoms with Crippen LogP contribution in [-0.2, 0) is 10.3 Å². The van der Waals surface area contributed by atoms with Crippen molar-refractivity contribution in [3.8, 4) is 0 Å². The van der Waals surface area contributed by atoms with Gasteiger partial charge in [0.2, 0.25) is 11.7 Å². The van der Waals surface area contributed by atoms with Gasteiger partial charge in [-0.15, -0.1) is 0 Å². The van der Waals surface area contributed by atoms with E-state index in [4.69, 9.17) is 15.0 Å². The van der Waals surface area contributed by atoms with Crippen LogP contribution in [0.4, 0.5) is 0 Å². The van der Waals surface area contributed by atoms with Gasteiger partial charge in [0.25, 0.3) is 0 Å². The van der Waals surface area contributed by atoms with Gasteiger partial charge >= 0.3 is 0 Å². The predicted molar refractivity (Wildman–Crippen MR) is 60.7 cm³/mol. The average Bonchev–Trinajstić information content (AvgIpc) is 2.50. The van der Waals surface area contributed by atoms with Gasteiger partial charge in [-0.1, -0.05) is 25.9 Å². The molecule has 1 atom stereocenters. The van der Waals surface area contributed by atoms with E-state index in [2.05, 4.69) is 30.9 Å². The van der Waals surface area contributed by atoms with E-state index in [0.29, 0.717) is 11.7 Å². The lowest BCUT2D eigenvalue weighted by Gasteiger charge is -2.26. The average molecular weight is 227 g/mol. The highest BCUT2D eigenvalue weighted by molar-refractivity contribution is 5.01. The third-order valence-corrected chi connectivity index (χ3v) is 2.25. The maximum absolute atomic E-state index is 5.88. The molecule has 1 heterocycles. The molecule has 0 spiro atoms. The van der Waals surface area contributed by atoms with Crippen LogP contribution in [0.25, 0.3) is 0 Å². The highest BCUT2D eigenvalue weighted by Gasteiger charge is 2.32. The monoisotopic (exact) mass is 227 g/mol. The summed E-state index contributed by atoms with van der Waals surface area (Å²) in [5, 5.41) is 3.93. The molecule has 5 heteroatoms. The molecule has 5 nitrogen and oxygen atoms in total. The van der Waals surface area contributed by atoms with Crippen molar-refractivity contribution in [2.24, 2.45) is 11.1 Å². The van der Waals surface area contributed by atoms with Gasteiger partial charge in [-0.2, -0.15) is 4.98 Å². The van der Waals surface area contributed by atoms with Crippen molar-refractivity contribution < 1.29 is 9.26 Å². The van der Waals surface area contributed by atoms with Crippen LogP contribution in [0.2, 0.25) is 0 Å². The van der Waals surface area contributed by atoms with Crippen LogP contribution in [0.5, 0.6) is 0 Å². The largest absolute Gasteiger partial charge is 0.373 e. The van der Waals surface area contributed by atoms with Gasteiger partial charge in [0, 0.05) is 7.11 Å². The molecule has 1 unspecified atom stereocenters. The summed E-state index contributed by atoms with van der Waals surface area (Å²) in [4.78, 5) is 4.29. The quantitative estimate of drug-likeness (QED) is 0.854. The molecule has 0 bridgehead atoms. The zero-order chi connectivity index (χ0) is 12.6. The fourth-order valence-corrected chi connectivity index (χ4v) is 1.45. The molecule has 0 saturated carbocycles. The minimum Gasteiger partial charge on any atom is -0.373 e. The van der Waals surface area contributed by atoms with Gasteiger partial charge in [0.15, 0.2) is 0 Å².